The second-order valence-electron chi connectivity index (χ2n) is 8.63. The molecular formula is C29H26O5S2. The Kier molecular flexibility index (Phi) is 7.48. The average molecular weight is 519 g/mol. The van der Waals surface area contributed by atoms with Gasteiger partial charge in [-0.1, -0.05) is 30.2 Å². The van der Waals surface area contributed by atoms with Gasteiger partial charge in [-0.2, -0.15) is 0 Å². The van der Waals surface area contributed by atoms with Crippen LogP contribution in [0.2, 0.25) is 0 Å². The molecule has 7 heteroatoms. The van der Waals surface area contributed by atoms with Crippen LogP contribution < -0.4 is 4.74 Å². The molecule has 0 saturated carbocycles. The van der Waals surface area contributed by atoms with Gasteiger partial charge in [-0.3, -0.25) is 4.79 Å². The normalized spacial score (nSPS) is 12.1. The Bertz CT molecular complexity index is 1590. The van der Waals surface area contributed by atoms with E-state index in [9.17, 15) is 13.2 Å². The highest BCUT2D eigenvalue weighted by atomic mass is 32.2. The third-order valence-electron chi connectivity index (χ3n) is 5.94. The van der Waals surface area contributed by atoms with Crippen LogP contribution in [0.25, 0.3) is 21.2 Å². The van der Waals surface area contributed by atoms with Gasteiger partial charge in [0.05, 0.1) is 17.2 Å². The van der Waals surface area contributed by atoms with Gasteiger partial charge in [-0.05, 0) is 77.9 Å². The number of hydrogen-bond donors (Lipinski definition) is 1. The van der Waals surface area contributed by atoms with Gasteiger partial charge in [-0.15, -0.1) is 17.3 Å². The second-order valence-corrected chi connectivity index (χ2v) is 11.6. The van der Waals surface area contributed by atoms with E-state index in [0.717, 1.165) is 37.9 Å². The van der Waals surface area contributed by atoms with Crippen molar-refractivity contribution in [1.29, 1.82) is 0 Å². The van der Waals surface area contributed by atoms with Crippen molar-refractivity contribution in [3.63, 3.8) is 0 Å². The minimum atomic E-state index is -3.26. The summed E-state index contributed by atoms with van der Waals surface area (Å²) in [4.78, 5) is 11.4. The fourth-order valence-corrected chi connectivity index (χ4v) is 5.76. The third-order valence-corrected chi connectivity index (χ3v) is 8.01. The monoisotopic (exact) mass is 518 g/mol. The molecule has 1 aromatic heterocycles. The summed E-state index contributed by atoms with van der Waals surface area (Å²) >= 11 is 1.65. The molecule has 0 unspecified atom stereocenters. The molecule has 1 heterocycles. The van der Waals surface area contributed by atoms with Gasteiger partial charge >= 0.3 is 5.97 Å². The number of ether oxygens (including phenoxy) is 1. The van der Waals surface area contributed by atoms with Crippen LogP contribution in [-0.2, 0) is 21.2 Å². The molecule has 5 nitrogen and oxygen atoms in total. The quantitative estimate of drug-likeness (QED) is 0.272. The lowest BCUT2D eigenvalue weighted by molar-refractivity contribution is -0.137. The molecule has 0 aliphatic carbocycles. The van der Waals surface area contributed by atoms with Crippen molar-refractivity contribution in [2.24, 2.45) is 0 Å². The first-order valence-corrected chi connectivity index (χ1v) is 14.1. The van der Waals surface area contributed by atoms with E-state index in [0.29, 0.717) is 17.3 Å². The number of thiophene rings is 1. The summed E-state index contributed by atoms with van der Waals surface area (Å²) in [7, 11) is -3.26. The fourth-order valence-electron chi connectivity index (χ4n) is 4.11. The van der Waals surface area contributed by atoms with Gasteiger partial charge in [-0.25, -0.2) is 8.42 Å². The van der Waals surface area contributed by atoms with E-state index < -0.39 is 15.8 Å². The highest BCUT2D eigenvalue weighted by Crippen LogP contribution is 2.37. The Balaban J connectivity index is 1.54. The van der Waals surface area contributed by atoms with Crippen LogP contribution in [0, 0.1) is 18.8 Å². The highest BCUT2D eigenvalue weighted by Gasteiger charge is 2.15. The van der Waals surface area contributed by atoms with Crippen LogP contribution in [0.5, 0.6) is 5.75 Å². The van der Waals surface area contributed by atoms with Crippen molar-refractivity contribution < 1.29 is 23.1 Å². The highest BCUT2D eigenvalue weighted by molar-refractivity contribution is 7.90. The zero-order chi connectivity index (χ0) is 25.9. The lowest BCUT2D eigenvalue weighted by Gasteiger charge is -2.11. The third kappa shape index (κ3) is 5.78. The van der Waals surface area contributed by atoms with E-state index in [1.165, 1.54) is 6.26 Å². The zero-order valence-corrected chi connectivity index (χ0v) is 21.9. The number of fused-ring (bicyclic) bond motifs is 1. The van der Waals surface area contributed by atoms with Gasteiger partial charge in [0.2, 0.25) is 0 Å². The van der Waals surface area contributed by atoms with E-state index in [2.05, 4.69) is 29.4 Å². The molecule has 0 aliphatic rings. The number of benzene rings is 3. The number of hydrogen-bond acceptors (Lipinski definition) is 5. The average Bonchev–Trinajstić information content (AvgIpc) is 3.25. The molecule has 0 amide bonds. The number of rotatable bonds is 8. The molecule has 0 bridgehead atoms. The molecule has 0 fully saturated rings. The zero-order valence-electron chi connectivity index (χ0n) is 20.2. The van der Waals surface area contributed by atoms with E-state index >= 15 is 0 Å². The molecule has 0 spiro atoms. The van der Waals surface area contributed by atoms with E-state index in [-0.39, 0.29) is 12.3 Å². The molecule has 36 heavy (non-hydrogen) atoms. The molecule has 4 rings (SSSR count). The summed E-state index contributed by atoms with van der Waals surface area (Å²) in [5.41, 5.74) is 4.85. The van der Waals surface area contributed by atoms with Gasteiger partial charge in [0.15, 0.2) is 9.84 Å². The maximum atomic E-state index is 11.9. The smallest absolute Gasteiger partial charge is 0.304 e. The standard InChI is InChI=1S/C29H26O5S2/c1-4-5-22(16-29(30)31)21-7-9-23(10-8-21)34-17-20-6-13-28-26(15-20)27(18-35-28)25-12-11-24(14-19(25)2)36(3,32)33/h6-15,18,22H,16-17H2,1-3H3,(H,30,31)/t22-/m0/s1. The van der Waals surface area contributed by atoms with Crippen LogP contribution >= 0.6 is 11.3 Å². The van der Waals surface area contributed by atoms with Gasteiger partial charge in [0, 0.05) is 21.9 Å². The number of aliphatic carboxylic acids is 1. The minimum absolute atomic E-state index is 0.0412. The Hall–Kier alpha value is -3.60. The van der Waals surface area contributed by atoms with Gasteiger partial charge in [0.25, 0.3) is 0 Å². The van der Waals surface area contributed by atoms with Crippen LogP contribution in [0.4, 0.5) is 0 Å². The maximum Gasteiger partial charge on any atom is 0.304 e. The predicted molar refractivity (Wildman–Crippen MR) is 144 cm³/mol. The Morgan fingerprint density at radius 1 is 1.06 bits per heavy atom. The van der Waals surface area contributed by atoms with E-state index in [1.54, 1.807) is 30.4 Å². The first kappa shape index (κ1) is 25.5. The van der Waals surface area contributed by atoms with E-state index in [4.69, 9.17) is 9.84 Å². The number of aryl methyl sites for hydroxylation is 1. The number of sulfone groups is 1. The molecule has 184 valence electrons. The van der Waals surface area contributed by atoms with Crippen LogP contribution in [0.15, 0.2) is 70.9 Å². The molecule has 3 aromatic carbocycles. The van der Waals surface area contributed by atoms with E-state index in [1.807, 2.05) is 43.3 Å². The van der Waals surface area contributed by atoms with Crippen molar-refractivity contribution in [2.45, 2.75) is 37.7 Å². The second kappa shape index (κ2) is 10.6. The summed E-state index contributed by atoms with van der Waals surface area (Å²) in [6, 6.07) is 18.9. The lowest BCUT2D eigenvalue weighted by atomic mass is 9.96. The molecule has 0 aliphatic heterocycles. The molecule has 1 N–H and O–H groups in total. The molecule has 4 aromatic rings. The topological polar surface area (TPSA) is 80.7 Å². The maximum absolute atomic E-state index is 11.9. The van der Waals surface area contributed by atoms with Crippen LogP contribution in [0.3, 0.4) is 0 Å². The van der Waals surface area contributed by atoms with Crippen molar-refractivity contribution in [3.8, 4) is 28.7 Å². The summed E-state index contributed by atoms with van der Waals surface area (Å²) in [5.74, 6) is 5.22. The molecule has 0 saturated heterocycles. The minimum Gasteiger partial charge on any atom is -0.489 e. The first-order valence-electron chi connectivity index (χ1n) is 11.3. The number of carboxylic acid groups (broad SMARTS) is 1. The Morgan fingerprint density at radius 2 is 1.81 bits per heavy atom. The van der Waals surface area contributed by atoms with Gasteiger partial charge < -0.3 is 9.84 Å². The van der Waals surface area contributed by atoms with Crippen LogP contribution in [0.1, 0.15) is 36.0 Å². The number of carboxylic acids is 1. The Labute approximate surface area is 215 Å². The SMILES string of the molecule is CC#C[C@@H](CC(=O)O)c1ccc(OCc2ccc3scc(-c4ccc(S(C)(=O)=O)cc4C)c3c2)cc1. The molecular weight excluding hydrogens is 492 g/mol. The fraction of sp³-hybridized carbons (Fsp3) is 0.207. The largest absolute Gasteiger partial charge is 0.489 e. The number of carbonyl (C=O) groups is 1. The Morgan fingerprint density at radius 3 is 2.44 bits per heavy atom. The summed E-state index contributed by atoms with van der Waals surface area (Å²) in [5, 5.41) is 12.3. The van der Waals surface area contributed by atoms with Crippen molar-refractivity contribution in [3.05, 3.63) is 82.7 Å². The summed E-state index contributed by atoms with van der Waals surface area (Å²) in [6.45, 7) is 4.01. The van der Waals surface area contributed by atoms with Crippen molar-refractivity contribution in [1.82, 2.24) is 0 Å². The molecule has 1 atom stereocenters. The molecule has 0 radical (unpaired) electrons. The predicted octanol–water partition coefficient (Wildman–Crippen LogP) is 6.44. The van der Waals surface area contributed by atoms with Crippen molar-refractivity contribution >= 4 is 37.2 Å². The summed E-state index contributed by atoms with van der Waals surface area (Å²) in [6.07, 6.45) is 1.18. The van der Waals surface area contributed by atoms with Crippen molar-refractivity contribution in [2.75, 3.05) is 6.26 Å². The summed E-state index contributed by atoms with van der Waals surface area (Å²) < 4.78 is 31.0. The first-order chi connectivity index (χ1) is 17.2. The lowest BCUT2D eigenvalue weighted by Crippen LogP contribution is -2.04. The van der Waals surface area contributed by atoms with Crippen LogP contribution in [-0.4, -0.2) is 25.7 Å². The van der Waals surface area contributed by atoms with Gasteiger partial charge in [0.1, 0.15) is 12.4 Å².